The quantitative estimate of drug-likeness (QED) is 0.201. The Kier molecular flexibility index (Phi) is 10.1. The van der Waals surface area contributed by atoms with Crippen LogP contribution < -0.4 is 11.1 Å². The smallest absolute Gasteiger partial charge is 0.336 e. The number of benzene rings is 3. The number of aliphatic carboxylic acids is 1. The lowest BCUT2D eigenvalue weighted by Crippen LogP contribution is -2.34. The van der Waals surface area contributed by atoms with Gasteiger partial charge in [-0.1, -0.05) is 84.4 Å². The van der Waals surface area contributed by atoms with Crippen molar-refractivity contribution in [2.24, 2.45) is 5.73 Å². The lowest BCUT2D eigenvalue weighted by atomic mass is 9.80. The zero-order valence-electron chi connectivity index (χ0n) is 22.3. The van der Waals surface area contributed by atoms with Crippen LogP contribution in [0.4, 0.5) is 0 Å². The molecule has 0 spiro atoms. The largest absolute Gasteiger partial charge is 0.478 e. The second-order valence-corrected chi connectivity index (χ2v) is 9.93. The van der Waals surface area contributed by atoms with Gasteiger partial charge in [-0.3, -0.25) is 0 Å². The Hall–Kier alpha value is -3.91. The average Bonchev–Trinajstić information content (AvgIpc) is 2.95. The first kappa shape index (κ1) is 29.1. The first-order valence-electron chi connectivity index (χ1n) is 13.1. The van der Waals surface area contributed by atoms with Crippen LogP contribution in [0.15, 0.2) is 107 Å². The van der Waals surface area contributed by atoms with Gasteiger partial charge in [0, 0.05) is 23.2 Å². The number of ether oxygens (including phenoxy) is 2. The van der Waals surface area contributed by atoms with Gasteiger partial charge in [0.1, 0.15) is 0 Å². The van der Waals surface area contributed by atoms with E-state index in [1.165, 1.54) is 0 Å². The summed E-state index contributed by atoms with van der Waals surface area (Å²) in [5.74, 6) is -2.65. The van der Waals surface area contributed by atoms with Gasteiger partial charge in [-0.25, -0.2) is 9.59 Å². The number of nitrogens with two attached hydrogens (primary N) is 1. The molecule has 208 valence electrons. The van der Waals surface area contributed by atoms with Crippen LogP contribution in [0, 0.1) is 0 Å². The molecule has 1 unspecified atom stereocenters. The van der Waals surface area contributed by atoms with Crippen molar-refractivity contribution in [2.75, 3.05) is 26.4 Å². The maximum absolute atomic E-state index is 13.8. The summed E-state index contributed by atoms with van der Waals surface area (Å²) in [5, 5.41) is 13.7. The number of hydrogen-bond acceptors (Lipinski definition) is 6. The fourth-order valence-corrected chi connectivity index (χ4v) is 5.25. The topological polar surface area (TPSA) is 111 Å². The van der Waals surface area contributed by atoms with E-state index in [9.17, 15) is 14.7 Å². The molecule has 8 heteroatoms. The van der Waals surface area contributed by atoms with Crippen molar-refractivity contribution in [2.45, 2.75) is 25.2 Å². The highest BCUT2D eigenvalue weighted by molar-refractivity contribution is 6.30. The van der Waals surface area contributed by atoms with Crippen LogP contribution in [0.2, 0.25) is 5.02 Å². The molecule has 3 aromatic rings. The molecule has 0 fully saturated rings. The molecule has 0 saturated heterocycles. The molecule has 7 nitrogen and oxygen atoms in total. The number of allylic oxidation sites excluding steroid dienone is 1. The summed E-state index contributed by atoms with van der Waals surface area (Å²) in [6.07, 6.45) is 0.544. The van der Waals surface area contributed by atoms with Crippen molar-refractivity contribution >= 4 is 23.5 Å². The summed E-state index contributed by atoms with van der Waals surface area (Å²) in [6.45, 7) is 2.41. The van der Waals surface area contributed by atoms with Crippen molar-refractivity contribution in [3.8, 4) is 0 Å². The third kappa shape index (κ3) is 6.99. The van der Waals surface area contributed by atoms with Gasteiger partial charge in [0.05, 0.1) is 42.6 Å². The van der Waals surface area contributed by atoms with Crippen molar-refractivity contribution in [1.82, 2.24) is 5.32 Å². The molecular formula is C32H33ClN2O5. The van der Waals surface area contributed by atoms with Gasteiger partial charge in [0.15, 0.2) is 0 Å². The van der Waals surface area contributed by atoms with Crippen LogP contribution in [-0.2, 0) is 19.1 Å². The van der Waals surface area contributed by atoms with Crippen molar-refractivity contribution in [3.05, 3.63) is 129 Å². The van der Waals surface area contributed by atoms with E-state index in [-0.39, 0.29) is 36.9 Å². The monoisotopic (exact) mass is 560 g/mol. The molecule has 1 atom stereocenters. The van der Waals surface area contributed by atoms with Gasteiger partial charge in [-0.15, -0.1) is 0 Å². The molecule has 40 heavy (non-hydrogen) atoms. The standard InChI is InChI=1S/C32H33ClN2O5/c1-21-28(31(36)37)29(24-13-8-14-25(33)19-24)30(27(35-21)20-39-18-16-34)32(38)40-17-15-26(22-9-4-2-5-10-22)23-11-6-3-7-12-23/h2-14,19,26,29,35H,15-18,20,34H2,1H3,(H,36,37). The van der Waals surface area contributed by atoms with Gasteiger partial charge in [-0.2, -0.15) is 0 Å². The van der Waals surface area contributed by atoms with Crippen LogP contribution >= 0.6 is 11.6 Å². The molecule has 1 aliphatic heterocycles. The summed E-state index contributed by atoms with van der Waals surface area (Å²) in [6, 6.07) is 27.0. The summed E-state index contributed by atoms with van der Waals surface area (Å²) in [5.41, 5.74) is 9.47. The van der Waals surface area contributed by atoms with Crippen LogP contribution in [0.1, 0.15) is 41.9 Å². The number of halogens is 1. The van der Waals surface area contributed by atoms with E-state index >= 15 is 0 Å². The number of hydrogen-bond donors (Lipinski definition) is 3. The Bertz CT molecular complexity index is 1350. The van der Waals surface area contributed by atoms with Gasteiger partial charge in [-0.05, 0) is 42.2 Å². The highest BCUT2D eigenvalue weighted by Crippen LogP contribution is 2.40. The lowest BCUT2D eigenvalue weighted by Gasteiger charge is -2.31. The molecule has 3 aromatic carbocycles. The summed E-state index contributed by atoms with van der Waals surface area (Å²) in [7, 11) is 0. The number of nitrogens with one attached hydrogen (secondary N) is 1. The SMILES string of the molecule is CC1=C(C(=O)O)C(c2cccc(Cl)c2)C(C(=O)OCCC(c2ccccc2)c2ccccc2)=C(COCCN)N1. The van der Waals surface area contributed by atoms with Crippen LogP contribution in [-0.4, -0.2) is 43.4 Å². The van der Waals surface area contributed by atoms with E-state index in [4.69, 9.17) is 26.8 Å². The Morgan fingerprint density at radius 3 is 2.17 bits per heavy atom. The molecule has 0 amide bonds. The Morgan fingerprint density at radius 2 is 1.60 bits per heavy atom. The number of rotatable bonds is 12. The van der Waals surface area contributed by atoms with E-state index < -0.39 is 17.9 Å². The highest BCUT2D eigenvalue weighted by Gasteiger charge is 2.38. The molecule has 0 bridgehead atoms. The third-order valence-corrected chi connectivity index (χ3v) is 7.06. The fourth-order valence-electron chi connectivity index (χ4n) is 5.06. The summed E-state index contributed by atoms with van der Waals surface area (Å²) in [4.78, 5) is 26.2. The Balaban J connectivity index is 1.65. The summed E-state index contributed by atoms with van der Waals surface area (Å²) >= 11 is 6.28. The first-order valence-corrected chi connectivity index (χ1v) is 13.5. The van der Waals surface area contributed by atoms with E-state index in [0.717, 1.165) is 11.1 Å². The molecule has 0 saturated carbocycles. The van der Waals surface area contributed by atoms with Crippen LogP contribution in [0.3, 0.4) is 0 Å². The van der Waals surface area contributed by atoms with Gasteiger partial charge in [0.25, 0.3) is 0 Å². The van der Waals surface area contributed by atoms with E-state index in [0.29, 0.717) is 34.9 Å². The highest BCUT2D eigenvalue weighted by atomic mass is 35.5. The molecule has 0 radical (unpaired) electrons. The maximum Gasteiger partial charge on any atom is 0.336 e. The minimum Gasteiger partial charge on any atom is -0.478 e. The predicted octanol–water partition coefficient (Wildman–Crippen LogP) is 5.38. The number of carbonyl (C=O) groups excluding carboxylic acids is 1. The number of carbonyl (C=O) groups is 2. The average molecular weight is 561 g/mol. The van der Waals surface area contributed by atoms with Crippen molar-refractivity contribution in [3.63, 3.8) is 0 Å². The maximum atomic E-state index is 13.8. The predicted molar refractivity (Wildman–Crippen MR) is 155 cm³/mol. The van der Waals surface area contributed by atoms with E-state index in [1.54, 1.807) is 31.2 Å². The van der Waals surface area contributed by atoms with Crippen molar-refractivity contribution < 1.29 is 24.2 Å². The molecule has 1 aliphatic rings. The molecule has 0 aliphatic carbocycles. The van der Waals surface area contributed by atoms with Crippen LogP contribution in [0.5, 0.6) is 0 Å². The van der Waals surface area contributed by atoms with Gasteiger partial charge in [0.2, 0.25) is 0 Å². The minimum atomic E-state index is -1.14. The number of esters is 1. The lowest BCUT2D eigenvalue weighted by molar-refractivity contribution is -0.139. The third-order valence-electron chi connectivity index (χ3n) is 6.83. The Morgan fingerprint density at radius 1 is 0.950 bits per heavy atom. The molecule has 4 N–H and O–H groups in total. The molecule has 4 rings (SSSR count). The second kappa shape index (κ2) is 13.9. The van der Waals surface area contributed by atoms with E-state index in [2.05, 4.69) is 29.6 Å². The molecular weight excluding hydrogens is 528 g/mol. The molecule has 1 heterocycles. The fraction of sp³-hybridized carbons (Fsp3) is 0.250. The summed E-state index contributed by atoms with van der Waals surface area (Å²) < 4.78 is 11.5. The van der Waals surface area contributed by atoms with Crippen molar-refractivity contribution in [1.29, 1.82) is 0 Å². The van der Waals surface area contributed by atoms with E-state index in [1.807, 2.05) is 36.4 Å². The van der Waals surface area contributed by atoms with Gasteiger partial charge < -0.3 is 25.6 Å². The van der Waals surface area contributed by atoms with Gasteiger partial charge >= 0.3 is 11.9 Å². The molecule has 0 aromatic heterocycles. The number of dihydropyridines is 1. The minimum absolute atomic E-state index is 0.0152. The van der Waals surface area contributed by atoms with Crippen LogP contribution in [0.25, 0.3) is 0 Å². The second-order valence-electron chi connectivity index (χ2n) is 9.49. The normalized spacial score (nSPS) is 15.2. The zero-order valence-corrected chi connectivity index (χ0v) is 23.1. The zero-order chi connectivity index (χ0) is 28.5. The number of carboxylic acids is 1. The Labute approximate surface area is 239 Å². The first-order chi connectivity index (χ1) is 19.4. The number of carboxylic acid groups (broad SMARTS) is 1.